The lowest BCUT2D eigenvalue weighted by molar-refractivity contribution is 0.138. The predicted octanol–water partition coefficient (Wildman–Crippen LogP) is -0.385. The molecule has 0 amide bonds. The third kappa shape index (κ3) is 2.43. The van der Waals surface area contributed by atoms with Crippen LogP contribution in [0.1, 0.15) is 6.42 Å². The molecule has 1 saturated heterocycles. The van der Waals surface area contributed by atoms with Gasteiger partial charge in [-0.3, -0.25) is 4.90 Å². The summed E-state index contributed by atoms with van der Waals surface area (Å²) in [5, 5.41) is 9.04. The van der Waals surface area contributed by atoms with Crippen LogP contribution >= 0.6 is 0 Å². The van der Waals surface area contributed by atoms with Gasteiger partial charge in [0.15, 0.2) is 0 Å². The highest BCUT2D eigenvalue weighted by Gasteiger charge is 2.18. The first-order valence-electron chi connectivity index (χ1n) is 4.23. The van der Waals surface area contributed by atoms with Crippen LogP contribution in [-0.2, 0) is 0 Å². The average Bonchev–Trinajstić information content (AvgIpc) is 2.13. The normalized spacial score (nSPS) is 30.3. The monoisotopic (exact) mass is 158 g/mol. The van der Waals surface area contributed by atoms with E-state index in [2.05, 4.69) is 23.9 Å². The van der Waals surface area contributed by atoms with Gasteiger partial charge in [0, 0.05) is 12.6 Å². The van der Waals surface area contributed by atoms with E-state index >= 15 is 0 Å². The Bertz CT molecular complexity index is 119. The van der Waals surface area contributed by atoms with Gasteiger partial charge < -0.3 is 10.0 Å². The zero-order valence-corrected chi connectivity index (χ0v) is 7.45. The third-order valence-corrected chi connectivity index (χ3v) is 2.41. The van der Waals surface area contributed by atoms with Gasteiger partial charge in [-0.1, -0.05) is 0 Å². The Morgan fingerprint density at radius 2 is 2.09 bits per heavy atom. The van der Waals surface area contributed by atoms with Gasteiger partial charge in [-0.05, 0) is 33.6 Å². The highest BCUT2D eigenvalue weighted by Crippen LogP contribution is 2.05. The lowest BCUT2D eigenvalue weighted by atomic mass is 10.3. The summed E-state index contributed by atoms with van der Waals surface area (Å²) in [4.78, 5) is 4.52. The number of aliphatic hydroxyl groups excluding tert-OH is 1. The van der Waals surface area contributed by atoms with Crippen LogP contribution in [0.5, 0.6) is 0 Å². The summed E-state index contributed by atoms with van der Waals surface area (Å²) in [6.45, 7) is 3.53. The SMILES string of the molecule is CN1CCCN(C)C(CO)C1. The minimum Gasteiger partial charge on any atom is -0.395 e. The molecule has 1 rings (SSSR count). The molecule has 1 N–H and O–H groups in total. The van der Waals surface area contributed by atoms with Crippen LogP contribution in [0.4, 0.5) is 0 Å². The van der Waals surface area contributed by atoms with E-state index in [1.165, 1.54) is 6.42 Å². The van der Waals surface area contributed by atoms with E-state index in [1.807, 2.05) is 0 Å². The fourth-order valence-corrected chi connectivity index (χ4v) is 1.56. The van der Waals surface area contributed by atoms with Crippen molar-refractivity contribution < 1.29 is 5.11 Å². The topological polar surface area (TPSA) is 26.7 Å². The zero-order valence-electron chi connectivity index (χ0n) is 7.45. The van der Waals surface area contributed by atoms with E-state index in [1.54, 1.807) is 0 Å². The van der Waals surface area contributed by atoms with Gasteiger partial charge in [0.25, 0.3) is 0 Å². The van der Waals surface area contributed by atoms with Crippen LogP contribution < -0.4 is 0 Å². The van der Waals surface area contributed by atoms with Gasteiger partial charge in [-0.15, -0.1) is 0 Å². The summed E-state index contributed by atoms with van der Waals surface area (Å²) < 4.78 is 0. The molecule has 0 aromatic rings. The highest BCUT2D eigenvalue weighted by atomic mass is 16.3. The molecule has 3 nitrogen and oxygen atoms in total. The standard InChI is InChI=1S/C8H18N2O/c1-9-4-3-5-10(2)8(6-9)7-11/h8,11H,3-7H2,1-2H3. The predicted molar refractivity (Wildman–Crippen MR) is 45.6 cm³/mol. The minimum atomic E-state index is 0.279. The van der Waals surface area contributed by atoms with Gasteiger partial charge in [-0.25, -0.2) is 0 Å². The second-order valence-electron chi connectivity index (χ2n) is 3.43. The molecule has 1 fully saturated rings. The van der Waals surface area contributed by atoms with Crippen molar-refractivity contribution in [3.63, 3.8) is 0 Å². The Hall–Kier alpha value is -0.120. The molecule has 0 saturated carbocycles. The van der Waals surface area contributed by atoms with E-state index in [-0.39, 0.29) is 6.61 Å². The van der Waals surface area contributed by atoms with Crippen molar-refractivity contribution in [2.45, 2.75) is 12.5 Å². The Balaban J connectivity index is 2.45. The summed E-state index contributed by atoms with van der Waals surface area (Å²) in [5.41, 5.74) is 0. The van der Waals surface area contributed by atoms with Gasteiger partial charge >= 0.3 is 0 Å². The Morgan fingerprint density at radius 3 is 2.73 bits per heavy atom. The van der Waals surface area contributed by atoms with Crippen molar-refractivity contribution in [3.8, 4) is 0 Å². The average molecular weight is 158 g/mol. The minimum absolute atomic E-state index is 0.279. The number of hydrogen-bond acceptors (Lipinski definition) is 3. The van der Waals surface area contributed by atoms with Crippen molar-refractivity contribution in [2.24, 2.45) is 0 Å². The van der Waals surface area contributed by atoms with Crippen LogP contribution in [0.15, 0.2) is 0 Å². The zero-order chi connectivity index (χ0) is 8.27. The molecule has 0 aromatic heterocycles. The van der Waals surface area contributed by atoms with Crippen molar-refractivity contribution in [3.05, 3.63) is 0 Å². The first-order chi connectivity index (χ1) is 5.24. The van der Waals surface area contributed by atoms with E-state index in [0.29, 0.717) is 6.04 Å². The molecular weight excluding hydrogens is 140 g/mol. The van der Waals surface area contributed by atoms with Gasteiger partial charge in [0.1, 0.15) is 0 Å². The molecule has 0 spiro atoms. The Labute approximate surface area is 68.6 Å². The number of aliphatic hydroxyl groups is 1. The molecule has 0 aromatic carbocycles. The second kappa shape index (κ2) is 4.04. The number of rotatable bonds is 1. The van der Waals surface area contributed by atoms with Gasteiger partial charge in [0.05, 0.1) is 6.61 Å². The lowest BCUT2D eigenvalue weighted by Gasteiger charge is -2.25. The summed E-state index contributed by atoms with van der Waals surface area (Å²) in [5.74, 6) is 0. The Kier molecular flexibility index (Phi) is 3.30. The fourth-order valence-electron chi connectivity index (χ4n) is 1.56. The van der Waals surface area contributed by atoms with E-state index < -0.39 is 0 Å². The maximum absolute atomic E-state index is 9.04. The highest BCUT2D eigenvalue weighted by molar-refractivity contribution is 4.75. The van der Waals surface area contributed by atoms with Gasteiger partial charge in [0.2, 0.25) is 0 Å². The Morgan fingerprint density at radius 1 is 1.36 bits per heavy atom. The van der Waals surface area contributed by atoms with Crippen LogP contribution in [0.25, 0.3) is 0 Å². The molecule has 0 aliphatic carbocycles. The first-order valence-corrected chi connectivity index (χ1v) is 4.23. The number of nitrogens with zero attached hydrogens (tertiary/aromatic N) is 2. The van der Waals surface area contributed by atoms with Crippen LogP contribution in [0.2, 0.25) is 0 Å². The van der Waals surface area contributed by atoms with E-state index in [0.717, 1.165) is 19.6 Å². The first kappa shape index (κ1) is 8.97. The fraction of sp³-hybridized carbons (Fsp3) is 1.00. The molecule has 1 unspecified atom stereocenters. The lowest BCUT2D eigenvalue weighted by Crippen LogP contribution is -2.40. The maximum Gasteiger partial charge on any atom is 0.0599 e. The van der Waals surface area contributed by atoms with Crippen LogP contribution in [-0.4, -0.2) is 61.3 Å². The summed E-state index contributed by atoms with van der Waals surface area (Å²) in [7, 11) is 4.20. The molecule has 66 valence electrons. The van der Waals surface area contributed by atoms with Crippen molar-refractivity contribution in [1.29, 1.82) is 0 Å². The molecule has 1 aliphatic heterocycles. The third-order valence-electron chi connectivity index (χ3n) is 2.41. The second-order valence-corrected chi connectivity index (χ2v) is 3.43. The number of likely N-dealkylation sites (N-methyl/N-ethyl adjacent to an activating group) is 2. The summed E-state index contributed by atoms with van der Waals surface area (Å²) in [6, 6.07) is 0.336. The maximum atomic E-state index is 9.04. The molecular formula is C8H18N2O. The number of hydrogen-bond donors (Lipinski definition) is 1. The quantitative estimate of drug-likeness (QED) is 0.563. The molecule has 0 bridgehead atoms. The molecule has 1 aliphatic rings. The van der Waals surface area contributed by atoms with Crippen molar-refractivity contribution >= 4 is 0 Å². The molecule has 3 heteroatoms. The molecule has 11 heavy (non-hydrogen) atoms. The smallest absolute Gasteiger partial charge is 0.0599 e. The van der Waals surface area contributed by atoms with E-state index in [9.17, 15) is 0 Å². The summed E-state index contributed by atoms with van der Waals surface area (Å²) >= 11 is 0. The van der Waals surface area contributed by atoms with Crippen LogP contribution in [0.3, 0.4) is 0 Å². The van der Waals surface area contributed by atoms with Crippen molar-refractivity contribution in [2.75, 3.05) is 40.3 Å². The van der Waals surface area contributed by atoms with Crippen LogP contribution in [0, 0.1) is 0 Å². The summed E-state index contributed by atoms with van der Waals surface area (Å²) in [6.07, 6.45) is 1.21. The van der Waals surface area contributed by atoms with Crippen molar-refractivity contribution in [1.82, 2.24) is 9.80 Å². The molecule has 1 atom stereocenters. The molecule has 1 heterocycles. The largest absolute Gasteiger partial charge is 0.395 e. The molecule has 0 radical (unpaired) electrons. The van der Waals surface area contributed by atoms with E-state index in [4.69, 9.17) is 5.11 Å². The van der Waals surface area contributed by atoms with Gasteiger partial charge in [-0.2, -0.15) is 0 Å².